The van der Waals surface area contributed by atoms with E-state index in [9.17, 15) is 4.39 Å². The van der Waals surface area contributed by atoms with Crippen LogP contribution in [-0.4, -0.2) is 14.8 Å². The number of rotatable bonds is 7. The van der Waals surface area contributed by atoms with E-state index in [1.54, 1.807) is 12.1 Å². The van der Waals surface area contributed by atoms with Crippen LogP contribution in [0.15, 0.2) is 47.6 Å². The molecule has 0 saturated carbocycles. The Balaban J connectivity index is 1.68. The molecular weight excluding hydrogens is 396 g/mol. The Morgan fingerprint density at radius 2 is 1.77 bits per heavy atom. The van der Waals surface area contributed by atoms with Crippen LogP contribution in [0, 0.1) is 5.82 Å². The van der Waals surface area contributed by atoms with Gasteiger partial charge in [0.15, 0.2) is 11.0 Å². The van der Waals surface area contributed by atoms with Crippen molar-refractivity contribution in [2.75, 3.05) is 0 Å². The monoisotopic (exact) mass is 411 g/mol. The van der Waals surface area contributed by atoms with Gasteiger partial charge >= 0.3 is 0 Å². The maximum absolute atomic E-state index is 12.9. The normalized spacial score (nSPS) is 10.9. The molecule has 3 aromatic rings. The van der Waals surface area contributed by atoms with Crippen LogP contribution in [0.5, 0.6) is 5.75 Å². The highest BCUT2D eigenvalue weighted by Gasteiger charge is 2.14. The number of aromatic nitrogens is 3. The van der Waals surface area contributed by atoms with Gasteiger partial charge in [-0.3, -0.25) is 0 Å². The highest BCUT2D eigenvalue weighted by atomic mass is 35.5. The van der Waals surface area contributed by atoms with E-state index in [0.29, 0.717) is 33.9 Å². The van der Waals surface area contributed by atoms with Crippen molar-refractivity contribution in [3.05, 3.63) is 69.7 Å². The van der Waals surface area contributed by atoms with E-state index in [4.69, 9.17) is 27.9 Å². The number of halogens is 3. The van der Waals surface area contributed by atoms with Crippen molar-refractivity contribution in [1.29, 1.82) is 0 Å². The minimum absolute atomic E-state index is 0.250. The van der Waals surface area contributed by atoms with Gasteiger partial charge < -0.3 is 9.30 Å². The third-order valence-electron chi connectivity index (χ3n) is 3.70. The predicted octanol–water partition coefficient (Wildman–Crippen LogP) is 5.62. The first-order valence-corrected chi connectivity index (χ1v) is 9.68. The van der Waals surface area contributed by atoms with Crippen molar-refractivity contribution in [2.24, 2.45) is 0 Å². The van der Waals surface area contributed by atoms with Crippen LogP contribution >= 0.6 is 35.0 Å². The molecule has 4 nitrogen and oxygen atoms in total. The SMILES string of the molecule is CCn1c(COc2ccc(F)cc2)nnc1SCc1c(Cl)cccc1Cl. The van der Waals surface area contributed by atoms with E-state index >= 15 is 0 Å². The van der Waals surface area contributed by atoms with Gasteiger partial charge in [0.1, 0.15) is 18.2 Å². The first kappa shape index (κ1) is 19.0. The maximum atomic E-state index is 12.9. The Morgan fingerprint density at radius 1 is 1.08 bits per heavy atom. The molecule has 0 unspecified atom stereocenters. The van der Waals surface area contributed by atoms with E-state index in [1.165, 1.54) is 23.9 Å². The van der Waals surface area contributed by atoms with Gasteiger partial charge in [0.25, 0.3) is 0 Å². The van der Waals surface area contributed by atoms with Gasteiger partial charge in [0.05, 0.1) is 0 Å². The lowest BCUT2D eigenvalue weighted by Crippen LogP contribution is -2.07. The third kappa shape index (κ3) is 4.50. The molecule has 0 aliphatic heterocycles. The molecule has 1 aromatic heterocycles. The standard InChI is InChI=1S/C18H16Cl2FN3OS/c1-2-24-17(10-25-13-8-6-12(21)7-9-13)22-23-18(24)26-11-14-15(19)4-3-5-16(14)20/h3-9H,2,10-11H2,1H3. The molecule has 0 amide bonds. The summed E-state index contributed by atoms with van der Waals surface area (Å²) in [6.45, 7) is 2.96. The summed E-state index contributed by atoms with van der Waals surface area (Å²) in [5, 5.41) is 10.5. The Hall–Kier alpha value is -1.76. The molecule has 0 bridgehead atoms. The lowest BCUT2D eigenvalue weighted by molar-refractivity contribution is 0.288. The van der Waals surface area contributed by atoms with Gasteiger partial charge in [-0.25, -0.2) is 4.39 Å². The molecule has 0 aliphatic rings. The number of benzene rings is 2. The average Bonchev–Trinajstić information content (AvgIpc) is 3.03. The second kappa shape index (κ2) is 8.75. The van der Waals surface area contributed by atoms with Crippen molar-refractivity contribution in [2.45, 2.75) is 31.0 Å². The molecule has 26 heavy (non-hydrogen) atoms. The van der Waals surface area contributed by atoms with Crippen molar-refractivity contribution in [3.8, 4) is 5.75 Å². The highest BCUT2D eigenvalue weighted by molar-refractivity contribution is 7.98. The van der Waals surface area contributed by atoms with E-state index in [-0.39, 0.29) is 12.4 Å². The fourth-order valence-corrected chi connectivity index (χ4v) is 4.10. The average molecular weight is 412 g/mol. The van der Waals surface area contributed by atoms with Crippen LogP contribution in [0.4, 0.5) is 4.39 Å². The zero-order valence-electron chi connectivity index (χ0n) is 14.0. The van der Waals surface area contributed by atoms with Crippen molar-refractivity contribution >= 4 is 35.0 Å². The van der Waals surface area contributed by atoms with Crippen LogP contribution in [0.1, 0.15) is 18.3 Å². The van der Waals surface area contributed by atoms with E-state index in [0.717, 1.165) is 10.7 Å². The summed E-state index contributed by atoms with van der Waals surface area (Å²) in [4.78, 5) is 0. The molecule has 8 heteroatoms. The smallest absolute Gasteiger partial charge is 0.191 e. The van der Waals surface area contributed by atoms with Crippen LogP contribution in [0.2, 0.25) is 10.0 Å². The molecule has 2 aromatic carbocycles. The molecule has 1 heterocycles. The topological polar surface area (TPSA) is 39.9 Å². The summed E-state index contributed by atoms with van der Waals surface area (Å²) in [5.41, 5.74) is 0.871. The van der Waals surface area contributed by atoms with Crippen molar-refractivity contribution in [1.82, 2.24) is 14.8 Å². The molecule has 136 valence electrons. The molecule has 0 radical (unpaired) electrons. The van der Waals surface area contributed by atoms with Crippen LogP contribution in [0.25, 0.3) is 0 Å². The Kier molecular flexibility index (Phi) is 6.40. The number of nitrogens with zero attached hydrogens (tertiary/aromatic N) is 3. The fraction of sp³-hybridized carbons (Fsp3) is 0.222. The summed E-state index contributed by atoms with van der Waals surface area (Å²) < 4.78 is 20.6. The minimum Gasteiger partial charge on any atom is -0.486 e. The summed E-state index contributed by atoms with van der Waals surface area (Å²) in [7, 11) is 0. The zero-order valence-corrected chi connectivity index (χ0v) is 16.3. The minimum atomic E-state index is -0.300. The van der Waals surface area contributed by atoms with Crippen LogP contribution < -0.4 is 4.74 Å². The Labute approximate surface area is 165 Å². The molecule has 0 spiro atoms. The number of ether oxygens (including phenoxy) is 1. The summed E-state index contributed by atoms with van der Waals surface area (Å²) >= 11 is 13.9. The highest BCUT2D eigenvalue weighted by Crippen LogP contribution is 2.31. The Morgan fingerprint density at radius 3 is 2.42 bits per heavy atom. The second-order valence-corrected chi connectivity index (χ2v) is 7.13. The van der Waals surface area contributed by atoms with Gasteiger partial charge in [0, 0.05) is 22.3 Å². The second-order valence-electron chi connectivity index (χ2n) is 5.37. The van der Waals surface area contributed by atoms with Crippen LogP contribution in [0.3, 0.4) is 0 Å². The molecule has 0 N–H and O–H groups in total. The molecule has 0 aliphatic carbocycles. The quantitative estimate of drug-likeness (QED) is 0.473. The van der Waals surface area contributed by atoms with Crippen molar-refractivity contribution < 1.29 is 9.13 Å². The lowest BCUT2D eigenvalue weighted by Gasteiger charge is -2.10. The first-order chi connectivity index (χ1) is 12.6. The van der Waals surface area contributed by atoms with E-state index in [1.807, 2.05) is 29.7 Å². The van der Waals surface area contributed by atoms with E-state index in [2.05, 4.69) is 10.2 Å². The van der Waals surface area contributed by atoms with Crippen LogP contribution in [-0.2, 0) is 18.9 Å². The third-order valence-corrected chi connectivity index (χ3v) is 5.40. The van der Waals surface area contributed by atoms with Gasteiger partial charge in [0.2, 0.25) is 0 Å². The summed E-state index contributed by atoms with van der Waals surface area (Å²) in [6.07, 6.45) is 0. The van der Waals surface area contributed by atoms with Gasteiger partial charge in [-0.2, -0.15) is 0 Å². The predicted molar refractivity (Wildman–Crippen MR) is 102 cm³/mol. The van der Waals surface area contributed by atoms with Gasteiger partial charge in [-0.05, 0) is 48.9 Å². The lowest BCUT2D eigenvalue weighted by atomic mass is 10.2. The van der Waals surface area contributed by atoms with Crippen molar-refractivity contribution in [3.63, 3.8) is 0 Å². The maximum Gasteiger partial charge on any atom is 0.191 e. The number of thioether (sulfide) groups is 1. The fourth-order valence-electron chi connectivity index (χ4n) is 2.34. The Bertz CT molecular complexity index is 866. The summed E-state index contributed by atoms with van der Waals surface area (Å²) in [5.74, 6) is 1.57. The molecule has 0 atom stereocenters. The first-order valence-electron chi connectivity index (χ1n) is 7.94. The molecular formula is C18H16Cl2FN3OS. The van der Waals surface area contributed by atoms with E-state index < -0.39 is 0 Å². The summed E-state index contributed by atoms with van der Waals surface area (Å²) in [6, 6.07) is 11.3. The number of hydrogen-bond donors (Lipinski definition) is 0. The zero-order chi connectivity index (χ0) is 18.5. The largest absolute Gasteiger partial charge is 0.486 e. The molecule has 3 rings (SSSR count). The number of hydrogen-bond acceptors (Lipinski definition) is 4. The molecule has 0 saturated heterocycles. The molecule has 0 fully saturated rings. The van der Waals surface area contributed by atoms with Gasteiger partial charge in [-0.1, -0.05) is 41.0 Å². The van der Waals surface area contributed by atoms with Gasteiger partial charge in [-0.15, -0.1) is 10.2 Å².